The van der Waals surface area contributed by atoms with Crippen molar-refractivity contribution < 1.29 is 8.42 Å². The number of rotatable bonds is 6. The van der Waals surface area contributed by atoms with Crippen LogP contribution in [-0.2, 0) is 10.0 Å². The Balaban J connectivity index is 2.27. The number of aromatic amines is 1. The van der Waals surface area contributed by atoms with Crippen LogP contribution >= 0.6 is 0 Å². The molecule has 0 spiro atoms. The molecular formula is C13H24N4O2S. The summed E-state index contributed by atoms with van der Waals surface area (Å²) in [5, 5.41) is 6.24. The quantitative estimate of drug-likeness (QED) is 0.840. The average molecular weight is 300 g/mol. The maximum Gasteiger partial charge on any atom is 0.248 e. The zero-order valence-corrected chi connectivity index (χ0v) is 13.0. The Morgan fingerprint density at radius 2 is 2.10 bits per heavy atom. The van der Waals surface area contributed by atoms with Crippen molar-refractivity contribution in [3.05, 3.63) is 6.20 Å². The summed E-state index contributed by atoms with van der Waals surface area (Å²) in [6.07, 6.45) is 6.23. The van der Waals surface area contributed by atoms with Gasteiger partial charge >= 0.3 is 0 Å². The van der Waals surface area contributed by atoms with Crippen LogP contribution in [0.2, 0.25) is 0 Å². The van der Waals surface area contributed by atoms with Crippen LogP contribution in [0.5, 0.6) is 0 Å². The van der Waals surface area contributed by atoms with E-state index in [-0.39, 0.29) is 16.8 Å². The number of nitrogens with zero attached hydrogens (tertiary/aromatic N) is 2. The zero-order valence-electron chi connectivity index (χ0n) is 12.2. The molecule has 0 unspecified atom stereocenters. The molecule has 1 saturated carbocycles. The molecule has 1 fully saturated rings. The van der Waals surface area contributed by atoms with Crippen molar-refractivity contribution >= 4 is 15.8 Å². The smallest absolute Gasteiger partial charge is 0.248 e. The van der Waals surface area contributed by atoms with Gasteiger partial charge in [-0.2, -0.15) is 9.40 Å². The van der Waals surface area contributed by atoms with E-state index >= 15 is 0 Å². The Labute approximate surface area is 120 Å². The van der Waals surface area contributed by atoms with Crippen molar-refractivity contribution in [1.29, 1.82) is 0 Å². The predicted molar refractivity (Wildman–Crippen MR) is 78.6 cm³/mol. The minimum absolute atomic E-state index is 0.105. The van der Waals surface area contributed by atoms with E-state index in [9.17, 15) is 8.42 Å². The Hall–Kier alpha value is -1.08. The van der Waals surface area contributed by atoms with Gasteiger partial charge in [-0.3, -0.25) is 5.10 Å². The second-order valence-corrected chi connectivity index (χ2v) is 7.74. The van der Waals surface area contributed by atoms with Gasteiger partial charge in [0.1, 0.15) is 10.7 Å². The fourth-order valence-electron chi connectivity index (χ4n) is 2.69. The van der Waals surface area contributed by atoms with Crippen LogP contribution in [0.15, 0.2) is 11.1 Å². The van der Waals surface area contributed by atoms with Crippen LogP contribution in [0.25, 0.3) is 0 Å². The van der Waals surface area contributed by atoms with Crippen molar-refractivity contribution in [2.24, 2.45) is 5.92 Å². The number of nitrogens with one attached hydrogen (secondary N) is 1. The van der Waals surface area contributed by atoms with E-state index in [4.69, 9.17) is 5.73 Å². The number of aromatic nitrogens is 2. The first-order valence-electron chi connectivity index (χ1n) is 7.23. The molecule has 0 saturated heterocycles. The maximum absolute atomic E-state index is 12.8. The van der Waals surface area contributed by atoms with Crippen molar-refractivity contribution in [2.45, 2.75) is 56.9 Å². The Morgan fingerprint density at radius 1 is 1.45 bits per heavy atom. The summed E-state index contributed by atoms with van der Waals surface area (Å²) in [4.78, 5) is 0.105. The minimum atomic E-state index is -3.55. The highest BCUT2D eigenvalue weighted by Crippen LogP contribution is 2.30. The van der Waals surface area contributed by atoms with E-state index < -0.39 is 10.0 Å². The molecule has 1 aliphatic carbocycles. The molecule has 114 valence electrons. The highest BCUT2D eigenvalue weighted by molar-refractivity contribution is 7.89. The molecule has 7 heteroatoms. The molecule has 1 heterocycles. The molecule has 0 amide bonds. The summed E-state index contributed by atoms with van der Waals surface area (Å²) < 4.78 is 27.2. The van der Waals surface area contributed by atoms with E-state index in [1.807, 2.05) is 0 Å². The Kier molecular flexibility index (Phi) is 4.70. The van der Waals surface area contributed by atoms with Gasteiger partial charge in [-0.25, -0.2) is 8.42 Å². The molecule has 20 heavy (non-hydrogen) atoms. The summed E-state index contributed by atoms with van der Waals surface area (Å²) in [7, 11) is -3.55. The van der Waals surface area contributed by atoms with Crippen molar-refractivity contribution in [3.63, 3.8) is 0 Å². The molecule has 1 aromatic heterocycles. The molecule has 1 aliphatic rings. The minimum Gasteiger partial charge on any atom is -0.383 e. The van der Waals surface area contributed by atoms with Gasteiger partial charge in [0.15, 0.2) is 0 Å². The third-order valence-corrected chi connectivity index (χ3v) is 5.86. The van der Waals surface area contributed by atoms with Gasteiger partial charge in [-0.1, -0.05) is 26.7 Å². The average Bonchev–Trinajstić information content (AvgIpc) is 2.99. The summed E-state index contributed by atoms with van der Waals surface area (Å²) in [6, 6.07) is 0.105. The number of nitrogens with two attached hydrogens (primary N) is 1. The lowest BCUT2D eigenvalue weighted by Gasteiger charge is -2.28. The predicted octanol–water partition coefficient (Wildman–Crippen LogP) is 1.97. The van der Waals surface area contributed by atoms with Crippen LogP contribution in [0.1, 0.15) is 46.0 Å². The van der Waals surface area contributed by atoms with E-state index in [0.29, 0.717) is 12.5 Å². The topological polar surface area (TPSA) is 92.1 Å². The Bertz CT molecular complexity index is 532. The summed E-state index contributed by atoms with van der Waals surface area (Å²) in [6.45, 7) is 4.76. The van der Waals surface area contributed by atoms with Gasteiger partial charge in [0.05, 0.1) is 6.20 Å². The number of hydrogen-bond acceptors (Lipinski definition) is 4. The first kappa shape index (κ1) is 15.3. The van der Waals surface area contributed by atoms with Crippen molar-refractivity contribution in [1.82, 2.24) is 14.5 Å². The molecule has 0 aliphatic heterocycles. The van der Waals surface area contributed by atoms with E-state index in [2.05, 4.69) is 24.0 Å². The second-order valence-electron chi connectivity index (χ2n) is 5.88. The number of hydrogen-bond donors (Lipinski definition) is 2. The number of sulfonamides is 1. The molecular weight excluding hydrogens is 276 g/mol. The van der Waals surface area contributed by atoms with E-state index in [1.165, 1.54) is 6.20 Å². The first-order valence-corrected chi connectivity index (χ1v) is 8.67. The lowest BCUT2D eigenvalue weighted by molar-refractivity contribution is 0.305. The lowest BCUT2D eigenvalue weighted by atomic mass is 10.1. The molecule has 0 radical (unpaired) electrons. The fourth-order valence-corrected chi connectivity index (χ4v) is 4.40. The van der Waals surface area contributed by atoms with Gasteiger partial charge in [-0.15, -0.1) is 0 Å². The second kappa shape index (κ2) is 6.13. The molecule has 2 rings (SSSR count). The fraction of sp³-hybridized carbons (Fsp3) is 0.769. The zero-order chi connectivity index (χ0) is 14.8. The molecule has 6 nitrogen and oxygen atoms in total. The van der Waals surface area contributed by atoms with Gasteiger partial charge in [-0.05, 0) is 25.2 Å². The molecule has 3 N–H and O–H groups in total. The van der Waals surface area contributed by atoms with Crippen LogP contribution in [0, 0.1) is 5.92 Å². The van der Waals surface area contributed by atoms with Gasteiger partial charge < -0.3 is 5.73 Å². The lowest BCUT2D eigenvalue weighted by Crippen LogP contribution is -2.40. The number of nitrogen functional groups attached to an aromatic ring is 1. The van der Waals surface area contributed by atoms with Crippen molar-refractivity contribution in [2.75, 3.05) is 12.3 Å². The van der Waals surface area contributed by atoms with Gasteiger partial charge in [0, 0.05) is 12.6 Å². The van der Waals surface area contributed by atoms with Crippen LogP contribution < -0.4 is 5.73 Å². The van der Waals surface area contributed by atoms with Gasteiger partial charge in [0.2, 0.25) is 10.0 Å². The highest BCUT2D eigenvalue weighted by atomic mass is 32.2. The van der Waals surface area contributed by atoms with Crippen LogP contribution in [0.4, 0.5) is 5.82 Å². The van der Waals surface area contributed by atoms with E-state index in [1.54, 1.807) is 4.31 Å². The van der Waals surface area contributed by atoms with Crippen molar-refractivity contribution in [3.8, 4) is 0 Å². The third kappa shape index (κ3) is 3.15. The monoisotopic (exact) mass is 300 g/mol. The standard InChI is InChI=1S/C13H24N4O2S/c1-10(2)7-8-17(11-5-3-4-6-11)20(18,19)12-9-15-16-13(12)14/h9-11H,3-8H2,1-2H3,(H3,14,15,16). The number of H-pyrrole nitrogens is 1. The highest BCUT2D eigenvalue weighted by Gasteiger charge is 2.34. The van der Waals surface area contributed by atoms with Gasteiger partial charge in [0.25, 0.3) is 0 Å². The molecule has 0 bridgehead atoms. The molecule has 1 aromatic rings. The number of anilines is 1. The third-order valence-electron chi connectivity index (χ3n) is 3.88. The first-order chi connectivity index (χ1) is 9.43. The van der Waals surface area contributed by atoms with Crippen LogP contribution in [-0.4, -0.2) is 35.5 Å². The summed E-state index contributed by atoms with van der Waals surface area (Å²) in [5.74, 6) is 0.591. The summed E-state index contributed by atoms with van der Waals surface area (Å²) >= 11 is 0. The van der Waals surface area contributed by atoms with E-state index in [0.717, 1.165) is 32.1 Å². The Morgan fingerprint density at radius 3 is 2.60 bits per heavy atom. The largest absolute Gasteiger partial charge is 0.383 e. The SMILES string of the molecule is CC(C)CCN(C1CCCC1)S(=O)(=O)c1cn[nH]c1N. The maximum atomic E-state index is 12.8. The van der Waals surface area contributed by atoms with Crippen LogP contribution in [0.3, 0.4) is 0 Å². The normalized spacial score (nSPS) is 17.4. The molecule has 0 atom stereocenters. The molecule has 0 aromatic carbocycles. The summed E-state index contributed by atoms with van der Waals surface area (Å²) in [5.41, 5.74) is 5.70.